The summed E-state index contributed by atoms with van der Waals surface area (Å²) in [7, 11) is 2.17. The van der Waals surface area contributed by atoms with Crippen molar-refractivity contribution in [3.8, 4) is 0 Å². The predicted molar refractivity (Wildman–Crippen MR) is 101 cm³/mol. The molecule has 0 bridgehead atoms. The minimum atomic E-state index is 0.0374. The smallest absolute Gasteiger partial charge is 0.317 e. The average molecular weight is 358 g/mol. The minimum absolute atomic E-state index is 0.0374. The topological polar surface area (TPSA) is 64.6 Å². The summed E-state index contributed by atoms with van der Waals surface area (Å²) in [6.07, 6.45) is 4.73. The van der Waals surface area contributed by atoms with Gasteiger partial charge in [0.25, 0.3) is 0 Å². The van der Waals surface area contributed by atoms with Gasteiger partial charge in [0.2, 0.25) is 5.95 Å². The third-order valence-electron chi connectivity index (χ3n) is 6.06. The van der Waals surface area contributed by atoms with Crippen LogP contribution in [0.5, 0.6) is 0 Å². The van der Waals surface area contributed by atoms with E-state index in [0.29, 0.717) is 12.0 Å². The number of rotatable bonds is 3. The number of aromatic nitrogens is 2. The lowest BCUT2D eigenvalue weighted by atomic mass is 9.86. The van der Waals surface area contributed by atoms with Gasteiger partial charge in [-0.1, -0.05) is 0 Å². The summed E-state index contributed by atoms with van der Waals surface area (Å²) in [6, 6.07) is 2.01. The van der Waals surface area contributed by atoms with E-state index in [2.05, 4.69) is 32.1 Å². The summed E-state index contributed by atoms with van der Waals surface area (Å²) in [5.41, 5.74) is 2.17. The fraction of sp³-hybridized carbons (Fsp3) is 0.737. The number of amides is 2. The van der Waals surface area contributed by atoms with Crippen LogP contribution in [0.1, 0.15) is 37.1 Å². The van der Waals surface area contributed by atoms with Crippen molar-refractivity contribution in [1.29, 1.82) is 0 Å². The van der Waals surface area contributed by atoms with E-state index in [1.54, 1.807) is 0 Å². The Morgan fingerprint density at radius 2 is 1.92 bits per heavy atom. The molecule has 3 aliphatic rings. The van der Waals surface area contributed by atoms with Crippen molar-refractivity contribution in [3.63, 3.8) is 0 Å². The van der Waals surface area contributed by atoms with E-state index >= 15 is 0 Å². The van der Waals surface area contributed by atoms with Crippen LogP contribution in [0.3, 0.4) is 0 Å². The van der Waals surface area contributed by atoms with Crippen molar-refractivity contribution in [2.24, 2.45) is 5.41 Å². The maximum Gasteiger partial charge on any atom is 0.317 e. The van der Waals surface area contributed by atoms with Crippen LogP contribution in [0.25, 0.3) is 0 Å². The Bertz CT molecular complexity index is 674. The van der Waals surface area contributed by atoms with Crippen LogP contribution in [0.2, 0.25) is 0 Å². The second-order valence-corrected chi connectivity index (χ2v) is 8.31. The monoisotopic (exact) mass is 358 g/mol. The molecule has 3 fully saturated rings. The van der Waals surface area contributed by atoms with Crippen molar-refractivity contribution >= 4 is 12.0 Å². The maximum absolute atomic E-state index is 12.6. The number of hydrogen-bond acceptors (Lipinski definition) is 5. The molecule has 0 radical (unpaired) electrons. The SMILES string of the molecule is Cc1cc(CNC(=O)N2CCC3(CCN(C)C3)C2)nc(N2CCCC2)n1. The molecule has 1 N–H and O–H groups in total. The second-order valence-electron chi connectivity index (χ2n) is 8.31. The van der Waals surface area contributed by atoms with Crippen molar-refractivity contribution < 1.29 is 4.79 Å². The zero-order chi connectivity index (χ0) is 18.1. The molecule has 3 aliphatic heterocycles. The van der Waals surface area contributed by atoms with E-state index in [9.17, 15) is 4.79 Å². The fourth-order valence-corrected chi connectivity index (χ4v) is 4.64. The third-order valence-corrected chi connectivity index (χ3v) is 6.06. The molecular formula is C19H30N6O. The fourth-order valence-electron chi connectivity index (χ4n) is 4.64. The van der Waals surface area contributed by atoms with Crippen molar-refractivity contribution in [2.75, 3.05) is 51.2 Å². The first-order chi connectivity index (χ1) is 12.5. The van der Waals surface area contributed by atoms with Crippen LogP contribution >= 0.6 is 0 Å². The number of aryl methyl sites for hydroxylation is 1. The van der Waals surface area contributed by atoms with E-state index in [0.717, 1.165) is 63.0 Å². The van der Waals surface area contributed by atoms with Gasteiger partial charge in [-0.3, -0.25) is 0 Å². The average Bonchev–Trinajstić information content (AvgIpc) is 3.35. The number of nitrogens with one attached hydrogen (secondary N) is 1. The zero-order valence-corrected chi connectivity index (χ0v) is 16.0. The zero-order valence-electron chi connectivity index (χ0n) is 16.0. The summed E-state index contributed by atoms with van der Waals surface area (Å²) in [6.45, 7) is 8.52. The number of carbonyl (C=O) groups excluding carboxylic acids is 1. The molecule has 0 aromatic carbocycles. The van der Waals surface area contributed by atoms with E-state index in [1.807, 2.05) is 17.9 Å². The van der Waals surface area contributed by atoms with Gasteiger partial charge < -0.3 is 20.0 Å². The van der Waals surface area contributed by atoms with Crippen LogP contribution < -0.4 is 10.2 Å². The van der Waals surface area contributed by atoms with E-state index in [1.165, 1.54) is 19.3 Å². The van der Waals surface area contributed by atoms with Gasteiger partial charge in [-0.15, -0.1) is 0 Å². The van der Waals surface area contributed by atoms with Crippen LogP contribution in [0.15, 0.2) is 6.07 Å². The highest BCUT2D eigenvalue weighted by atomic mass is 16.2. The van der Waals surface area contributed by atoms with Gasteiger partial charge in [-0.05, 0) is 52.3 Å². The Morgan fingerprint density at radius 1 is 1.15 bits per heavy atom. The van der Waals surface area contributed by atoms with Crippen molar-refractivity contribution in [2.45, 2.75) is 39.2 Å². The Kier molecular flexibility index (Phi) is 4.73. The number of likely N-dealkylation sites (tertiary alicyclic amines) is 2. The summed E-state index contributed by atoms with van der Waals surface area (Å²) in [4.78, 5) is 28.4. The molecule has 0 aliphatic carbocycles. The normalized spacial score (nSPS) is 26.2. The Balaban J connectivity index is 1.34. The molecule has 1 aromatic heterocycles. The van der Waals surface area contributed by atoms with Gasteiger partial charge >= 0.3 is 6.03 Å². The predicted octanol–water partition coefficient (Wildman–Crippen LogP) is 1.62. The standard InChI is InChI=1S/C19H30N6O/c1-15-11-16(22-17(21-15)24-7-3-4-8-24)12-20-18(26)25-10-6-19(14-25)5-9-23(2)13-19/h11H,3-10,12-14H2,1-2H3,(H,20,26). The third kappa shape index (κ3) is 3.63. The first kappa shape index (κ1) is 17.5. The van der Waals surface area contributed by atoms with Gasteiger partial charge in [-0.2, -0.15) is 0 Å². The Morgan fingerprint density at radius 3 is 2.65 bits per heavy atom. The molecule has 1 unspecified atom stereocenters. The molecule has 2 amide bonds. The largest absolute Gasteiger partial charge is 0.341 e. The molecule has 7 heteroatoms. The molecule has 1 atom stereocenters. The summed E-state index contributed by atoms with van der Waals surface area (Å²) < 4.78 is 0. The number of hydrogen-bond donors (Lipinski definition) is 1. The molecule has 26 heavy (non-hydrogen) atoms. The summed E-state index contributed by atoms with van der Waals surface area (Å²) in [5.74, 6) is 0.806. The lowest BCUT2D eigenvalue weighted by Crippen LogP contribution is -2.40. The lowest BCUT2D eigenvalue weighted by Gasteiger charge is -2.24. The van der Waals surface area contributed by atoms with Crippen LogP contribution in [-0.4, -0.2) is 72.1 Å². The highest BCUT2D eigenvalue weighted by molar-refractivity contribution is 5.74. The van der Waals surface area contributed by atoms with Gasteiger partial charge in [0.15, 0.2) is 0 Å². The van der Waals surface area contributed by atoms with Gasteiger partial charge in [0.1, 0.15) is 0 Å². The van der Waals surface area contributed by atoms with Gasteiger partial charge in [-0.25, -0.2) is 14.8 Å². The molecule has 7 nitrogen and oxygen atoms in total. The van der Waals surface area contributed by atoms with Crippen molar-refractivity contribution in [3.05, 3.63) is 17.5 Å². The van der Waals surface area contributed by atoms with Crippen LogP contribution in [0.4, 0.5) is 10.7 Å². The minimum Gasteiger partial charge on any atom is -0.341 e. The van der Waals surface area contributed by atoms with Gasteiger partial charge in [0.05, 0.1) is 12.2 Å². The van der Waals surface area contributed by atoms with E-state index in [4.69, 9.17) is 0 Å². The molecule has 3 saturated heterocycles. The number of carbonyl (C=O) groups is 1. The van der Waals surface area contributed by atoms with Crippen LogP contribution in [-0.2, 0) is 6.54 Å². The molecule has 1 aromatic rings. The molecule has 142 valence electrons. The number of anilines is 1. The van der Waals surface area contributed by atoms with Gasteiger partial charge in [0, 0.05) is 43.8 Å². The number of urea groups is 1. The molecule has 4 rings (SSSR count). The molecule has 0 saturated carbocycles. The number of nitrogens with zero attached hydrogens (tertiary/aromatic N) is 5. The summed E-state index contributed by atoms with van der Waals surface area (Å²) >= 11 is 0. The van der Waals surface area contributed by atoms with Crippen molar-refractivity contribution in [1.82, 2.24) is 25.1 Å². The first-order valence-corrected chi connectivity index (χ1v) is 9.84. The first-order valence-electron chi connectivity index (χ1n) is 9.84. The summed E-state index contributed by atoms with van der Waals surface area (Å²) in [5, 5.41) is 3.07. The lowest BCUT2D eigenvalue weighted by molar-refractivity contribution is 0.199. The highest BCUT2D eigenvalue weighted by Crippen LogP contribution is 2.38. The van der Waals surface area contributed by atoms with E-state index in [-0.39, 0.29) is 6.03 Å². The maximum atomic E-state index is 12.6. The van der Waals surface area contributed by atoms with E-state index < -0.39 is 0 Å². The van der Waals surface area contributed by atoms with Crippen LogP contribution in [0, 0.1) is 12.3 Å². The second kappa shape index (κ2) is 7.02. The molecule has 1 spiro atoms. The Hall–Kier alpha value is -1.89. The Labute approximate surface area is 155 Å². The quantitative estimate of drug-likeness (QED) is 0.890. The molecular weight excluding hydrogens is 328 g/mol. The highest BCUT2D eigenvalue weighted by Gasteiger charge is 2.43. The molecule has 4 heterocycles.